The molecule has 0 aliphatic heterocycles. The first-order valence-electron chi connectivity index (χ1n) is 11.0. The van der Waals surface area contributed by atoms with Gasteiger partial charge in [0.2, 0.25) is 0 Å². The molecule has 0 N–H and O–H groups in total. The number of hydrogen-bond acceptors (Lipinski definition) is 1. The summed E-state index contributed by atoms with van der Waals surface area (Å²) in [4.78, 5) is 0. The molecule has 0 aliphatic carbocycles. The van der Waals surface area contributed by atoms with Gasteiger partial charge in [-0.2, -0.15) is 11.8 Å². The lowest BCUT2D eigenvalue weighted by atomic mass is 9.82. The highest BCUT2D eigenvalue weighted by Crippen LogP contribution is 2.28. The van der Waals surface area contributed by atoms with Crippen LogP contribution in [0.1, 0.15) is 113 Å². The van der Waals surface area contributed by atoms with Gasteiger partial charge in [-0.3, -0.25) is 0 Å². The highest BCUT2D eigenvalue weighted by atomic mass is 32.2. The van der Waals surface area contributed by atoms with Crippen LogP contribution < -0.4 is 0 Å². The fraction of sp³-hybridized carbons (Fsp3) is 1.00. The van der Waals surface area contributed by atoms with Crippen LogP contribution in [0.3, 0.4) is 0 Å². The van der Waals surface area contributed by atoms with E-state index in [-0.39, 0.29) is 0 Å². The lowest BCUT2D eigenvalue weighted by Crippen LogP contribution is -2.12. The van der Waals surface area contributed by atoms with E-state index in [0.29, 0.717) is 0 Å². The average molecular weight is 357 g/mol. The summed E-state index contributed by atoms with van der Waals surface area (Å²) >= 11 is 2.17. The second-order valence-electron chi connectivity index (χ2n) is 8.77. The van der Waals surface area contributed by atoms with Crippen molar-refractivity contribution in [2.75, 3.05) is 5.75 Å². The van der Waals surface area contributed by atoms with E-state index in [4.69, 9.17) is 0 Å². The molecular weight excluding hydrogens is 308 g/mol. The molecule has 0 aromatic carbocycles. The summed E-state index contributed by atoms with van der Waals surface area (Å²) < 4.78 is 0. The summed E-state index contributed by atoms with van der Waals surface area (Å²) in [6, 6.07) is 0. The van der Waals surface area contributed by atoms with E-state index < -0.39 is 0 Å². The Bertz CT molecular complexity index is 261. The molecule has 146 valence electrons. The third-order valence-corrected chi connectivity index (χ3v) is 7.49. The van der Waals surface area contributed by atoms with Gasteiger partial charge in [0.25, 0.3) is 0 Å². The molecule has 0 rings (SSSR count). The maximum absolute atomic E-state index is 2.47. The zero-order valence-electron chi connectivity index (χ0n) is 18.1. The van der Waals surface area contributed by atoms with Crippen molar-refractivity contribution >= 4 is 11.8 Å². The van der Waals surface area contributed by atoms with Crippen molar-refractivity contribution in [2.24, 2.45) is 23.7 Å². The summed E-state index contributed by atoms with van der Waals surface area (Å²) in [6.07, 6.45) is 14.3. The van der Waals surface area contributed by atoms with Crippen LogP contribution in [0.4, 0.5) is 0 Å². The van der Waals surface area contributed by atoms with Crippen molar-refractivity contribution in [2.45, 2.75) is 118 Å². The Hall–Kier alpha value is 0.350. The van der Waals surface area contributed by atoms with Gasteiger partial charge in [-0.1, -0.05) is 93.4 Å². The Labute approximate surface area is 159 Å². The molecule has 0 fully saturated rings. The molecule has 1 heteroatoms. The molecule has 0 heterocycles. The Morgan fingerprint density at radius 1 is 0.667 bits per heavy atom. The van der Waals surface area contributed by atoms with Crippen LogP contribution in [0.5, 0.6) is 0 Å². The van der Waals surface area contributed by atoms with Gasteiger partial charge < -0.3 is 0 Å². The Morgan fingerprint density at radius 2 is 1.29 bits per heavy atom. The second-order valence-corrected chi connectivity index (χ2v) is 10.2. The fourth-order valence-corrected chi connectivity index (χ4v) is 4.44. The van der Waals surface area contributed by atoms with Crippen LogP contribution in [-0.4, -0.2) is 11.0 Å². The number of unbranched alkanes of at least 4 members (excludes halogenated alkanes) is 3. The van der Waals surface area contributed by atoms with Crippen molar-refractivity contribution < 1.29 is 0 Å². The first-order valence-corrected chi connectivity index (χ1v) is 12.1. The van der Waals surface area contributed by atoms with Crippen LogP contribution in [0, 0.1) is 23.7 Å². The molecule has 0 saturated heterocycles. The standard InChI is InChI=1S/C23H48S/c1-8-21(6)23(17-16-19(3)4)15-13-11-10-12-14-20(5)18-24-22(7)9-2/h19-23H,8-18H2,1-7H3. The van der Waals surface area contributed by atoms with Crippen LogP contribution in [0.15, 0.2) is 0 Å². The summed E-state index contributed by atoms with van der Waals surface area (Å²) in [6.45, 7) is 16.7. The maximum Gasteiger partial charge on any atom is 0.00161 e. The minimum atomic E-state index is 0.843. The minimum Gasteiger partial charge on any atom is -0.159 e. The van der Waals surface area contributed by atoms with E-state index in [2.05, 4.69) is 60.2 Å². The van der Waals surface area contributed by atoms with Crippen LogP contribution >= 0.6 is 11.8 Å². The zero-order chi connectivity index (χ0) is 18.4. The monoisotopic (exact) mass is 356 g/mol. The number of hydrogen-bond donors (Lipinski definition) is 0. The third-order valence-electron chi connectivity index (χ3n) is 5.83. The molecule has 0 nitrogen and oxygen atoms in total. The molecule has 0 aromatic rings. The van der Waals surface area contributed by atoms with E-state index in [1.165, 1.54) is 70.0 Å². The topological polar surface area (TPSA) is 0 Å². The van der Waals surface area contributed by atoms with E-state index in [1.807, 2.05) is 0 Å². The molecular formula is C23H48S. The predicted molar refractivity (Wildman–Crippen MR) is 116 cm³/mol. The fourth-order valence-electron chi connectivity index (χ4n) is 3.38. The second kappa shape index (κ2) is 15.6. The molecule has 0 saturated carbocycles. The van der Waals surface area contributed by atoms with Crippen LogP contribution in [0.2, 0.25) is 0 Å². The third kappa shape index (κ3) is 13.6. The van der Waals surface area contributed by atoms with Crippen molar-refractivity contribution in [3.63, 3.8) is 0 Å². The van der Waals surface area contributed by atoms with Crippen molar-refractivity contribution in [3.05, 3.63) is 0 Å². The predicted octanol–water partition coefficient (Wildman–Crippen LogP) is 8.59. The SMILES string of the molecule is CCC(C)SCC(C)CCCCCCC(CCC(C)C)C(C)CC. The Balaban J connectivity index is 3.73. The summed E-state index contributed by atoms with van der Waals surface area (Å²) in [5.74, 6) is 5.03. The smallest absolute Gasteiger partial charge is 0.00161 e. The van der Waals surface area contributed by atoms with Gasteiger partial charge >= 0.3 is 0 Å². The quantitative estimate of drug-likeness (QED) is 0.249. The van der Waals surface area contributed by atoms with Crippen molar-refractivity contribution in [1.82, 2.24) is 0 Å². The van der Waals surface area contributed by atoms with E-state index in [9.17, 15) is 0 Å². The lowest BCUT2D eigenvalue weighted by molar-refractivity contribution is 0.279. The molecule has 24 heavy (non-hydrogen) atoms. The molecule has 0 bridgehead atoms. The Kier molecular flexibility index (Phi) is 15.8. The van der Waals surface area contributed by atoms with Gasteiger partial charge in [-0.25, -0.2) is 0 Å². The van der Waals surface area contributed by atoms with E-state index >= 15 is 0 Å². The highest BCUT2D eigenvalue weighted by Gasteiger charge is 2.15. The first kappa shape index (κ1) is 24.4. The molecule has 0 spiro atoms. The molecule has 0 aromatic heterocycles. The number of rotatable bonds is 16. The molecule has 4 unspecified atom stereocenters. The van der Waals surface area contributed by atoms with Gasteiger partial charge in [0, 0.05) is 5.25 Å². The van der Waals surface area contributed by atoms with Gasteiger partial charge in [0.05, 0.1) is 0 Å². The normalized spacial score (nSPS) is 17.0. The largest absolute Gasteiger partial charge is 0.159 e. The van der Waals surface area contributed by atoms with Gasteiger partial charge in [-0.15, -0.1) is 0 Å². The van der Waals surface area contributed by atoms with Gasteiger partial charge in [0.1, 0.15) is 0 Å². The highest BCUT2D eigenvalue weighted by molar-refractivity contribution is 7.99. The molecule has 0 aliphatic rings. The van der Waals surface area contributed by atoms with E-state index in [1.54, 1.807) is 0 Å². The summed E-state index contributed by atoms with van der Waals surface area (Å²) in [5.41, 5.74) is 0. The van der Waals surface area contributed by atoms with E-state index in [0.717, 1.165) is 28.9 Å². The summed E-state index contributed by atoms with van der Waals surface area (Å²) in [7, 11) is 0. The lowest BCUT2D eigenvalue weighted by Gasteiger charge is -2.24. The minimum absolute atomic E-state index is 0.843. The van der Waals surface area contributed by atoms with Gasteiger partial charge in [-0.05, 0) is 48.7 Å². The molecule has 4 atom stereocenters. The average Bonchev–Trinajstić information content (AvgIpc) is 2.57. The van der Waals surface area contributed by atoms with Gasteiger partial charge in [0.15, 0.2) is 0 Å². The van der Waals surface area contributed by atoms with Crippen LogP contribution in [0.25, 0.3) is 0 Å². The molecule has 0 amide bonds. The van der Waals surface area contributed by atoms with Crippen molar-refractivity contribution in [3.8, 4) is 0 Å². The summed E-state index contributed by atoms with van der Waals surface area (Å²) in [5, 5.41) is 0.843. The van der Waals surface area contributed by atoms with Crippen molar-refractivity contribution in [1.29, 1.82) is 0 Å². The molecule has 0 radical (unpaired) electrons. The maximum atomic E-state index is 2.47. The zero-order valence-corrected chi connectivity index (χ0v) is 18.9. The number of thioether (sulfide) groups is 1. The first-order chi connectivity index (χ1) is 11.4. The Morgan fingerprint density at radius 3 is 1.83 bits per heavy atom. The van der Waals surface area contributed by atoms with Crippen LogP contribution in [-0.2, 0) is 0 Å².